The smallest absolute Gasteiger partial charge is 0.154 e. The summed E-state index contributed by atoms with van der Waals surface area (Å²) in [7, 11) is 1.64. The second kappa shape index (κ2) is 7.89. The number of ether oxygens (including phenoxy) is 1. The van der Waals surface area contributed by atoms with Crippen molar-refractivity contribution >= 4 is 40.1 Å². The van der Waals surface area contributed by atoms with Crippen molar-refractivity contribution in [3.8, 4) is 0 Å². The Morgan fingerprint density at radius 3 is 2.83 bits per heavy atom. The van der Waals surface area contributed by atoms with E-state index in [1.807, 2.05) is 19.1 Å². The minimum atomic E-state index is 0.0585. The van der Waals surface area contributed by atoms with E-state index >= 15 is 0 Å². The van der Waals surface area contributed by atoms with E-state index in [1.165, 1.54) is 11.8 Å². The van der Waals surface area contributed by atoms with Crippen LogP contribution in [0.3, 0.4) is 0 Å². The van der Waals surface area contributed by atoms with Crippen LogP contribution in [-0.2, 0) is 10.5 Å². The highest BCUT2D eigenvalue weighted by atomic mass is 35.5. The van der Waals surface area contributed by atoms with Crippen LogP contribution in [0.1, 0.15) is 12.5 Å². The van der Waals surface area contributed by atoms with Gasteiger partial charge in [0.25, 0.3) is 0 Å². The molecule has 2 N–H and O–H groups in total. The first kappa shape index (κ1) is 15.6. The highest BCUT2D eigenvalue weighted by Crippen LogP contribution is 2.24. The number of aliphatic imine (C=N–C) groups is 1. The first-order valence-electron chi connectivity index (χ1n) is 5.42. The summed E-state index contributed by atoms with van der Waals surface area (Å²) in [5, 5.41) is 1.81. The summed E-state index contributed by atoms with van der Waals surface area (Å²) in [5.74, 6) is 0.672. The van der Waals surface area contributed by atoms with Gasteiger partial charge in [0.15, 0.2) is 5.17 Å². The first-order valence-corrected chi connectivity index (χ1v) is 7.16. The number of amidine groups is 1. The number of nitrogens with zero attached hydrogens (tertiary/aromatic N) is 1. The van der Waals surface area contributed by atoms with Crippen LogP contribution in [-0.4, -0.2) is 24.9 Å². The van der Waals surface area contributed by atoms with Crippen molar-refractivity contribution in [2.75, 3.05) is 13.7 Å². The van der Waals surface area contributed by atoms with Crippen molar-refractivity contribution < 1.29 is 4.74 Å². The van der Waals surface area contributed by atoms with Gasteiger partial charge in [-0.25, -0.2) is 0 Å². The maximum Gasteiger partial charge on any atom is 0.154 e. The molecule has 0 amide bonds. The molecule has 0 bridgehead atoms. The molecule has 100 valence electrons. The summed E-state index contributed by atoms with van der Waals surface area (Å²) in [5.41, 5.74) is 6.81. The number of methoxy groups -OCH3 is 1. The van der Waals surface area contributed by atoms with E-state index in [9.17, 15) is 0 Å². The molecule has 0 aliphatic carbocycles. The summed E-state index contributed by atoms with van der Waals surface area (Å²) in [6.07, 6.45) is 0. The van der Waals surface area contributed by atoms with Gasteiger partial charge in [0.1, 0.15) is 0 Å². The van der Waals surface area contributed by atoms with Crippen molar-refractivity contribution in [1.82, 2.24) is 0 Å². The summed E-state index contributed by atoms with van der Waals surface area (Å²) < 4.78 is 4.99. The van der Waals surface area contributed by atoms with Gasteiger partial charge in [-0.05, 0) is 24.6 Å². The van der Waals surface area contributed by atoms with Gasteiger partial charge in [0.2, 0.25) is 0 Å². The van der Waals surface area contributed by atoms with Crippen LogP contribution in [0.2, 0.25) is 10.0 Å². The Balaban J connectivity index is 2.54. The van der Waals surface area contributed by atoms with Gasteiger partial charge in [-0.3, -0.25) is 4.99 Å². The van der Waals surface area contributed by atoms with Crippen molar-refractivity contribution in [3.63, 3.8) is 0 Å². The van der Waals surface area contributed by atoms with Crippen LogP contribution in [0, 0.1) is 0 Å². The van der Waals surface area contributed by atoms with Crippen molar-refractivity contribution in [2.45, 2.75) is 18.7 Å². The van der Waals surface area contributed by atoms with Crippen LogP contribution in [0.15, 0.2) is 23.2 Å². The lowest BCUT2D eigenvalue weighted by Crippen LogP contribution is -2.15. The fourth-order valence-corrected chi connectivity index (χ4v) is 2.69. The second-order valence-corrected chi connectivity index (χ2v) is 5.64. The lowest BCUT2D eigenvalue weighted by molar-refractivity contribution is 0.186. The van der Waals surface area contributed by atoms with Crippen molar-refractivity contribution in [1.29, 1.82) is 0 Å². The highest BCUT2D eigenvalue weighted by Gasteiger charge is 2.04. The molecule has 0 aliphatic rings. The summed E-state index contributed by atoms with van der Waals surface area (Å²) in [4.78, 5) is 4.29. The average molecular weight is 307 g/mol. The van der Waals surface area contributed by atoms with E-state index in [-0.39, 0.29) is 6.04 Å². The number of halogens is 2. The number of hydrogen-bond donors (Lipinski definition) is 1. The SMILES string of the molecule is COC[C@@H](C)N=C(N)SCc1ccc(Cl)cc1Cl. The number of benzene rings is 1. The molecule has 1 atom stereocenters. The van der Waals surface area contributed by atoms with Gasteiger partial charge in [0.05, 0.1) is 12.6 Å². The second-order valence-electron chi connectivity index (χ2n) is 3.80. The van der Waals surface area contributed by atoms with Gasteiger partial charge >= 0.3 is 0 Å². The highest BCUT2D eigenvalue weighted by molar-refractivity contribution is 8.13. The molecule has 3 nitrogen and oxygen atoms in total. The molecular weight excluding hydrogens is 291 g/mol. The lowest BCUT2D eigenvalue weighted by Gasteiger charge is -2.07. The zero-order chi connectivity index (χ0) is 13.5. The molecule has 0 radical (unpaired) electrons. The van der Waals surface area contributed by atoms with Crippen LogP contribution >= 0.6 is 35.0 Å². The molecule has 0 unspecified atom stereocenters. The molecule has 0 aliphatic heterocycles. The molecule has 0 fully saturated rings. The van der Waals surface area contributed by atoms with Crippen molar-refractivity contribution in [2.24, 2.45) is 10.7 Å². The van der Waals surface area contributed by atoms with E-state index < -0.39 is 0 Å². The summed E-state index contributed by atoms with van der Waals surface area (Å²) >= 11 is 13.3. The summed E-state index contributed by atoms with van der Waals surface area (Å²) in [6.45, 7) is 2.51. The minimum Gasteiger partial charge on any atom is -0.382 e. The molecule has 0 saturated carbocycles. The number of thioether (sulfide) groups is 1. The fraction of sp³-hybridized carbons (Fsp3) is 0.417. The van der Waals surface area contributed by atoms with E-state index in [1.54, 1.807) is 13.2 Å². The van der Waals surface area contributed by atoms with Gasteiger partial charge in [0, 0.05) is 22.9 Å². The molecular formula is C12H16Cl2N2OS. The fourth-order valence-electron chi connectivity index (χ4n) is 1.32. The van der Waals surface area contributed by atoms with Gasteiger partial charge in [-0.15, -0.1) is 0 Å². The number of hydrogen-bond acceptors (Lipinski definition) is 3. The third-order valence-corrected chi connectivity index (χ3v) is 3.59. The maximum absolute atomic E-state index is 6.07. The average Bonchev–Trinajstić information content (AvgIpc) is 2.28. The molecule has 0 spiro atoms. The Bertz CT molecular complexity index is 427. The van der Waals surface area contributed by atoms with Crippen LogP contribution < -0.4 is 5.73 Å². The van der Waals surface area contributed by atoms with Gasteiger partial charge in [-0.2, -0.15) is 0 Å². The van der Waals surface area contributed by atoms with Crippen LogP contribution in [0.25, 0.3) is 0 Å². The Hall–Kier alpha value is -0.420. The zero-order valence-corrected chi connectivity index (χ0v) is 12.6. The largest absolute Gasteiger partial charge is 0.382 e. The molecule has 1 aromatic carbocycles. The van der Waals surface area contributed by atoms with Gasteiger partial charge in [-0.1, -0.05) is 41.0 Å². The number of nitrogens with two attached hydrogens (primary N) is 1. The summed E-state index contributed by atoms with van der Waals surface area (Å²) in [6, 6.07) is 5.48. The third kappa shape index (κ3) is 5.48. The number of rotatable bonds is 5. The van der Waals surface area contributed by atoms with E-state index in [0.29, 0.717) is 27.6 Å². The normalized spacial score (nSPS) is 13.7. The molecule has 0 heterocycles. The van der Waals surface area contributed by atoms with E-state index in [2.05, 4.69) is 4.99 Å². The van der Waals surface area contributed by atoms with Gasteiger partial charge < -0.3 is 10.5 Å². The topological polar surface area (TPSA) is 47.6 Å². The van der Waals surface area contributed by atoms with Crippen molar-refractivity contribution in [3.05, 3.63) is 33.8 Å². The Kier molecular flexibility index (Phi) is 6.86. The minimum absolute atomic E-state index is 0.0585. The lowest BCUT2D eigenvalue weighted by atomic mass is 10.2. The monoisotopic (exact) mass is 306 g/mol. The Morgan fingerprint density at radius 2 is 2.22 bits per heavy atom. The third-order valence-electron chi connectivity index (χ3n) is 2.15. The predicted molar refractivity (Wildman–Crippen MR) is 80.7 cm³/mol. The van der Waals surface area contributed by atoms with E-state index in [4.69, 9.17) is 33.7 Å². The van der Waals surface area contributed by atoms with Crippen LogP contribution in [0.5, 0.6) is 0 Å². The van der Waals surface area contributed by atoms with Crippen LogP contribution in [0.4, 0.5) is 0 Å². The molecule has 6 heteroatoms. The van der Waals surface area contributed by atoms with E-state index in [0.717, 1.165) is 5.56 Å². The maximum atomic E-state index is 6.07. The Morgan fingerprint density at radius 1 is 1.50 bits per heavy atom. The molecule has 1 rings (SSSR count). The molecule has 1 aromatic rings. The molecule has 0 saturated heterocycles. The standard InChI is InChI=1S/C12H16Cl2N2OS/c1-8(6-17-2)16-12(15)18-7-9-3-4-10(13)5-11(9)14/h3-5,8H,6-7H2,1-2H3,(H2,15,16)/t8-/m1/s1. The first-order chi connectivity index (χ1) is 8.52. The quantitative estimate of drug-likeness (QED) is 0.668. The molecule has 0 aromatic heterocycles. The molecule has 18 heavy (non-hydrogen) atoms. The Labute approximate surface area is 122 Å². The predicted octanol–water partition coefficient (Wildman–Crippen LogP) is 3.58. The zero-order valence-electron chi connectivity index (χ0n) is 10.3.